The fraction of sp³-hybridized carbons (Fsp3) is 0.345. The number of nitrogens with one attached hydrogen (secondary N) is 2. The van der Waals surface area contributed by atoms with Gasteiger partial charge in [-0.1, -0.05) is 50.3 Å². The van der Waals surface area contributed by atoms with Crippen molar-refractivity contribution in [2.45, 2.75) is 39.3 Å². The summed E-state index contributed by atoms with van der Waals surface area (Å²) >= 11 is 0. The van der Waals surface area contributed by atoms with Crippen LogP contribution in [0.5, 0.6) is 11.5 Å². The van der Waals surface area contributed by atoms with E-state index < -0.39 is 12.1 Å². The first-order chi connectivity index (χ1) is 17.8. The van der Waals surface area contributed by atoms with Crippen LogP contribution in [0.4, 0.5) is 4.79 Å². The van der Waals surface area contributed by atoms with Crippen LogP contribution in [-0.4, -0.2) is 53.3 Å². The van der Waals surface area contributed by atoms with Crippen molar-refractivity contribution in [2.24, 2.45) is 5.92 Å². The fourth-order valence-corrected chi connectivity index (χ4v) is 4.84. The summed E-state index contributed by atoms with van der Waals surface area (Å²) in [5.41, 5.74) is 1.86. The van der Waals surface area contributed by atoms with Crippen LogP contribution < -0.4 is 15.4 Å². The quantitative estimate of drug-likeness (QED) is 0.472. The molecule has 8 nitrogen and oxygen atoms in total. The molecule has 0 aromatic heterocycles. The van der Waals surface area contributed by atoms with Gasteiger partial charge in [0, 0.05) is 13.1 Å². The number of urea groups is 1. The summed E-state index contributed by atoms with van der Waals surface area (Å²) in [4.78, 5) is 43.3. The number of carbonyl (C=O) groups is 3. The van der Waals surface area contributed by atoms with Crippen LogP contribution in [0.15, 0.2) is 78.5 Å². The number of likely N-dealkylation sites (N-methyl/N-ethyl adjacent to an activating group) is 1. The average Bonchev–Trinajstić information content (AvgIpc) is 3.22. The monoisotopic (exact) mass is 502 g/mol. The Kier molecular flexibility index (Phi) is 7.96. The number of para-hydroxylation sites is 1. The van der Waals surface area contributed by atoms with Gasteiger partial charge in [0.2, 0.25) is 5.91 Å². The zero-order valence-corrected chi connectivity index (χ0v) is 21.6. The van der Waals surface area contributed by atoms with E-state index in [0.717, 1.165) is 5.56 Å². The number of hydrogen-bond donors (Lipinski definition) is 2. The lowest BCUT2D eigenvalue weighted by Crippen LogP contribution is -2.49. The van der Waals surface area contributed by atoms with Crippen molar-refractivity contribution >= 4 is 17.8 Å². The molecule has 194 valence electrons. The highest BCUT2D eigenvalue weighted by atomic mass is 16.5. The van der Waals surface area contributed by atoms with E-state index in [1.165, 1.54) is 0 Å². The van der Waals surface area contributed by atoms with Crippen molar-refractivity contribution in [3.8, 4) is 11.5 Å². The fourth-order valence-electron chi connectivity index (χ4n) is 4.84. The molecule has 2 aliphatic heterocycles. The van der Waals surface area contributed by atoms with E-state index >= 15 is 0 Å². The SMILES string of the molecule is C=CCNC(=O)[C@H](CC(C)C)N1CC2=C(C1=O)[C@H](c1cccc(Oc3ccccc3)c1)NC(=O)N2CC. The molecule has 2 atom stereocenters. The van der Waals surface area contributed by atoms with E-state index in [-0.39, 0.29) is 30.3 Å². The summed E-state index contributed by atoms with van der Waals surface area (Å²) in [7, 11) is 0. The predicted molar refractivity (Wildman–Crippen MR) is 142 cm³/mol. The summed E-state index contributed by atoms with van der Waals surface area (Å²) in [6.45, 7) is 10.5. The lowest BCUT2D eigenvalue weighted by Gasteiger charge is -2.33. The molecule has 2 heterocycles. The average molecular weight is 503 g/mol. The van der Waals surface area contributed by atoms with E-state index in [4.69, 9.17) is 4.74 Å². The molecule has 37 heavy (non-hydrogen) atoms. The van der Waals surface area contributed by atoms with Gasteiger partial charge in [-0.05, 0) is 49.1 Å². The molecule has 2 aliphatic rings. The van der Waals surface area contributed by atoms with Crippen LogP contribution in [0.2, 0.25) is 0 Å². The topological polar surface area (TPSA) is 91.0 Å². The maximum Gasteiger partial charge on any atom is 0.322 e. The van der Waals surface area contributed by atoms with Gasteiger partial charge in [0.15, 0.2) is 0 Å². The predicted octanol–water partition coefficient (Wildman–Crippen LogP) is 4.38. The minimum absolute atomic E-state index is 0.189. The van der Waals surface area contributed by atoms with Gasteiger partial charge in [-0.2, -0.15) is 0 Å². The third kappa shape index (κ3) is 5.53. The van der Waals surface area contributed by atoms with E-state index in [1.807, 2.05) is 75.4 Å². The van der Waals surface area contributed by atoms with Gasteiger partial charge in [-0.25, -0.2) is 4.79 Å². The Bertz CT molecular complexity index is 1210. The molecule has 8 heteroatoms. The van der Waals surface area contributed by atoms with Gasteiger partial charge in [0.25, 0.3) is 5.91 Å². The molecule has 0 radical (unpaired) electrons. The van der Waals surface area contributed by atoms with Gasteiger partial charge in [0.1, 0.15) is 17.5 Å². The molecule has 0 spiro atoms. The van der Waals surface area contributed by atoms with Crippen molar-refractivity contribution in [1.82, 2.24) is 20.4 Å². The van der Waals surface area contributed by atoms with Crippen LogP contribution >= 0.6 is 0 Å². The van der Waals surface area contributed by atoms with Crippen LogP contribution in [-0.2, 0) is 9.59 Å². The van der Waals surface area contributed by atoms with Gasteiger partial charge in [0.05, 0.1) is 23.9 Å². The lowest BCUT2D eigenvalue weighted by atomic mass is 9.95. The summed E-state index contributed by atoms with van der Waals surface area (Å²) in [5.74, 6) is 1.01. The second kappa shape index (κ2) is 11.3. The van der Waals surface area contributed by atoms with Crippen molar-refractivity contribution in [2.75, 3.05) is 19.6 Å². The highest BCUT2D eigenvalue weighted by Crippen LogP contribution is 2.38. The number of amides is 4. The molecular formula is C29H34N4O4. The molecule has 2 aromatic rings. The number of rotatable bonds is 10. The van der Waals surface area contributed by atoms with Crippen LogP contribution in [0, 0.1) is 5.92 Å². The highest BCUT2D eigenvalue weighted by Gasteiger charge is 2.46. The molecule has 2 N–H and O–H groups in total. The minimum Gasteiger partial charge on any atom is -0.457 e. The first-order valence-electron chi connectivity index (χ1n) is 12.7. The zero-order valence-electron chi connectivity index (χ0n) is 21.6. The molecule has 0 bridgehead atoms. The molecule has 4 amide bonds. The molecular weight excluding hydrogens is 468 g/mol. The summed E-state index contributed by atoms with van der Waals surface area (Å²) in [5, 5.41) is 5.84. The number of nitrogens with zero attached hydrogens (tertiary/aromatic N) is 2. The highest BCUT2D eigenvalue weighted by molar-refractivity contribution is 6.03. The number of ether oxygens (including phenoxy) is 1. The second-order valence-corrected chi connectivity index (χ2v) is 9.59. The summed E-state index contributed by atoms with van der Waals surface area (Å²) < 4.78 is 5.99. The van der Waals surface area contributed by atoms with Gasteiger partial charge in [-0.3, -0.25) is 14.5 Å². The largest absolute Gasteiger partial charge is 0.457 e. The third-order valence-corrected chi connectivity index (χ3v) is 6.53. The van der Waals surface area contributed by atoms with Crippen molar-refractivity contribution in [3.63, 3.8) is 0 Å². The Labute approximate surface area is 218 Å². The first kappa shape index (κ1) is 26.0. The van der Waals surface area contributed by atoms with E-state index in [2.05, 4.69) is 17.2 Å². The molecule has 4 rings (SSSR count). The number of benzene rings is 2. The maximum absolute atomic E-state index is 13.9. The normalized spacial score (nSPS) is 18.0. The molecule has 0 aliphatic carbocycles. The summed E-state index contributed by atoms with van der Waals surface area (Å²) in [6.07, 6.45) is 2.12. The Morgan fingerprint density at radius 2 is 1.89 bits per heavy atom. The van der Waals surface area contributed by atoms with Crippen LogP contribution in [0.1, 0.15) is 38.8 Å². The van der Waals surface area contributed by atoms with Crippen molar-refractivity contribution in [1.29, 1.82) is 0 Å². The smallest absolute Gasteiger partial charge is 0.322 e. The molecule has 0 unspecified atom stereocenters. The minimum atomic E-state index is -0.655. The van der Waals surface area contributed by atoms with Crippen molar-refractivity contribution in [3.05, 3.63) is 84.1 Å². The summed E-state index contributed by atoms with van der Waals surface area (Å²) in [6, 6.07) is 15.2. The van der Waals surface area contributed by atoms with Crippen LogP contribution in [0.3, 0.4) is 0 Å². The molecule has 0 saturated carbocycles. The van der Waals surface area contributed by atoms with Crippen LogP contribution in [0.25, 0.3) is 0 Å². The third-order valence-electron chi connectivity index (χ3n) is 6.53. The number of carbonyl (C=O) groups excluding carboxylic acids is 3. The Balaban J connectivity index is 1.68. The zero-order chi connectivity index (χ0) is 26.5. The number of hydrogen-bond acceptors (Lipinski definition) is 4. The second-order valence-electron chi connectivity index (χ2n) is 9.59. The van der Waals surface area contributed by atoms with Crippen molar-refractivity contribution < 1.29 is 19.1 Å². The molecule has 2 aromatic carbocycles. The first-order valence-corrected chi connectivity index (χ1v) is 12.7. The van der Waals surface area contributed by atoms with Gasteiger partial charge >= 0.3 is 6.03 Å². The Hall–Kier alpha value is -4.07. The van der Waals surface area contributed by atoms with Gasteiger partial charge in [-0.15, -0.1) is 6.58 Å². The molecule has 0 saturated heterocycles. The maximum atomic E-state index is 13.9. The van der Waals surface area contributed by atoms with E-state index in [0.29, 0.717) is 42.3 Å². The lowest BCUT2D eigenvalue weighted by molar-refractivity contribution is -0.137. The Morgan fingerprint density at radius 3 is 2.57 bits per heavy atom. The van der Waals surface area contributed by atoms with E-state index in [1.54, 1.807) is 15.9 Å². The van der Waals surface area contributed by atoms with Gasteiger partial charge < -0.3 is 20.3 Å². The Morgan fingerprint density at radius 1 is 1.16 bits per heavy atom. The molecule has 0 fully saturated rings. The standard InChI is InChI=1S/C29H34N4O4/c1-5-15-30-27(34)23(16-19(3)4)33-18-24-25(28(33)35)26(31-29(36)32(24)6-2)20-11-10-14-22(17-20)37-21-12-8-7-9-13-21/h5,7-14,17,19,23,26H,1,6,15-16,18H2,2-4H3,(H,30,34)(H,31,36)/t23-,26-/m0/s1. The van der Waals surface area contributed by atoms with E-state index in [9.17, 15) is 14.4 Å².